The Labute approximate surface area is 103 Å². The summed E-state index contributed by atoms with van der Waals surface area (Å²) in [4.78, 5) is 0. The second kappa shape index (κ2) is 6.14. The Bertz CT molecular complexity index is 252. The average Bonchev–Trinajstić information content (AvgIpc) is 3.04. The summed E-state index contributed by atoms with van der Waals surface area (Å²) in [5.74, 6) is -4.78. The summed E-state index contributed by atoms with van der Waals surface area (Å²) in [5.41, 5.74) is 0. The van der Waals surface area contributed by atoms with Gasteiger partial charge in [0.2, 0.25) is 0 Å². The molecule has 0 heterocycles. The molecule has 0 aliphatic heterocycles. The van der Waals surface area contributed by atoms with Gasteiger partial charge in [-0.25, -0.2) is 0 Å². The predicted octanol–water partition coefficient (Wildman–Crippen LogP) is 3.12. The minimum atomic E-state index is -5.55. The molecular formula is C11H18F5NO. The van der Waals surface area contributed by atoms with Gasteiger partial charge in [0.05, 0.1) is 6.10 Å². The van der Waals surface area contributed by atoms with E-state index in [4.69, 9.17) is 4.74 Å². The quantitative estimate of drug-likeness (QED) is 0.687. The van der Waals surface area contributed by atoms with Crippen LogP contribution in [0.25, 0.3) is 0 Å². The second-order valence-electron chi connectivity index (χ2n) is 4.61. The third-order valence-electron chi connectivity index (χ3n) is 2.74. The van der Waals surface area contributed by atoms with Gasteiger partial charge in [0.1, 0.15) is 6.61 Å². The number of ether oxygens (including phenoxy) is 1. The minimum absolute atomic E-state index is 0.326. The molecule has 1 atom stereocenters. The lowest BCUT2D eigenvalue weighted by Crippen LogP contribution is -2.43. The van der Waals surface area contributed by atoms with Gasteiger partial charge >= 0.3 is 12.1 Å². The van der Waals surface area contributed by atoms with Gasteiger partial charge in [-0.2, -0.15) is 22.0 Å². The predicted molar refractivity (Wildman–Crippen MR) is 56.7 cm³/mol. The molecule has 0 aromatic heterocycles. The molecule has 1 aliphatic carbocycles. The fraction of sp³-hybridized carbons (Fsp3) is 1.00. The van der Waals surface area contributed by atoms with E-state index in [1.165, 1.54) is 0 Å². The largest absolute Gasteiger partial charge is 0.455 e. The van der Waals surface area contributed by atoms with Gasteiger partial charge in [-0.15, -0.1) is 0 Å². The average molecular weight is 275 g/mol. The third-order valence-corrected chi connectivity index (χ3v) is 2.74. The van der Waals surface area contributed by atoms with Crippen LogP contribution in [0.4, 0.5) is 22.0 Å². The van der Waals surface area contributed by atoms with E-state index >= 15 is 0 Å². The van der Waals surface area contributed by atoms with Crippen LogP contribution < -0.4 is 5.32 Å². The van der Waals surface area contributed by atoms with Crippen molar-refractivity contribution < 1.29 is 26.7 Å². The van der Waals surface area contributed by atoms with Gasteiger partial charge < -0.3 is 10.1 Å². The molecule has 1 saturated carbocycles. The van der Waals surface area contributed by atoms with Crippen LogP contribution >= 0.6 is 0 Å². The van der Waals surface area contributed by atoms with Crippen molar-refractivity contribution in [3.63, 3.8) is 0 Å². The molecule has 1 unspecified atom stereocenters. The van der Waals surface area contributed by atoms with Crippen LogP contribution in [0.2, 0.25) is 0 Å². The van der Waals surface area contributed by atoms with Crippen LogP contribution in [0.1, 0.15) is 32.6 Å². The third kappa shape index (κ3) is 5.06. The van der Waals surface area contributed by atoms with Crippen LogP contribution in [-0.4, -0.2) is 37.4 Å². The first-order chi connectivity index (χ1) is 8.26. The van der Waals surface area contributed by atoms with Crippen molar-refractivity contribution in [1.82, 2.24) is 5.32 Å². The standard InChI is InChI=1S/C11H18F5NO/c1-2-3-9(6-17-8-4-5-8)18-7-10(12,13)11(14,15)16/h8-9,17H,2-7H2,1H3. The van der Waals surface area contributed by atoms with Gasteiger partial charge in [0.25, 0.3) is 0 Å². The molecular weight excluding hydrogens is 257 g/mol. The molecule has 0 amide bonds. The lowest BCUT2D eigenvalue weighted by Gasteiger charge is -2.23. The summed E-state index contributed by atoms with van der Waals surface area (Å²) in [6.07, 6.45) is -2.95. The van der Waals surface area contributed by atoms with Crippen molar-refractivity contribution in [3.8, 4) is 0 Å². The van der Waals surface area contributed by atoms with Crippen LogP contribution in [0.3, 0.4) is 0 Å². The summed E-state index contributed by atoms with van der Waals surface area (Å²) in [5, 5.41) is 3.07. The summed E-state index contributed by atoms with van der Waals surface area (Å²) < 4.78 is 65.9. The summed E-state index contributed by atoms with van der Waals surface area (Å²) >= 11 is 0. The van der Waals surface area contributed by atoms with Gasteiger partial charge in [-0.1, -0.05) is 13.3 Å². The van der Waals surface area contributed by atoms with Crippen molar-refractivity contribution in [2.45, 2.75) is 56.9 Å². The van der Waals surface area contributed by atoms with E-state index in [0.29, 0.717) is 25.4 Å². The lowest BCUT2D eigenvalue weighted by atomic mass is 10.2. The zero-order valence-electron chi connectivity index (χ0n) is 10.2. The maximum atomic E-state index is 12.7. The van der Waals surface area contributed by atoms with Gasteiger partial charge in [0.15, 0.2) is 0 Å². The van der Waals surface area contributed by atoms with E-state index in [-0.39, 0.29) is 0 Å². The molecule has 1 fully saturated rings. The van der Waals surface area contributed by atoms with Gasteiger partial charge in [-0.3, -0.25) is 0 Å². The fourth-order valence-electron chi connectivity index (χ4n) is 1.46. The summed E-state index contributed by atoms with van der Waals surface area (Å²) in [7, 11) is 0. The Morgan fingerprint density at radius 1 is 1.22 bits per heavy atom. The Morgan fingerprint density at radius 3 is 2.28 bits per heavy atom. The van der Waals surface area contributed by atoms with E-state index in [1.54, 1.807) is 0 Å². The van der Waals surface area contributed by atoms with Crippen molar-refractivity contribution in [2.75, 3.05) is 13.2 Å². The van der Waals surface area contributed by atoms with Crippen molar-refractivity contribution >= 4 is 0 Å². The first kappa shape index (κ1) is 15.6. The first-order valence-electron chi connectivity index (χ1n) is 6.06. The van der Waals surface area contributed by atoms with Crippen molar-refractivity contribution in [2.24, 2.45) is 0 Å². The smallest absolute Gasteiger partial charge is 0.370 e. The highest BCUT2D eigenvalue weighted by molar-refractivity contribution is 4.82. The molecule has 0 bridgehead atoms. The molecule has 1 rings (SSSR count). The number of alkyl halides is 5. The minimum Gasteiger partial charge on any atom is -0.370 e. The topological polar surface area (TPSA) is 21.3 Å². The zero-order valence-corrected chi connectivity index (χ0v) is 10.2. The molecule has 0 aromatic rings. The second-order valence-corrected chi connectivity index (χ2v) is 4.61. The van der Waals surface area contributed by atoms with Crippen molar-refractivity contribution in [1.29, 1.82) is 0 Å². The number of nitrogens with one attached hydrogen (secondary N) is 1. The van der Waals surface area contributed by atoms with E-state index in [9.17, 15) is 22.0 Å². The highest BCUT2D eigenvalue weighted by atomic mass is 19.4. The molecule has 0 radical (unpaired) electrons. The fourth-order valence-corrected chi connectivity index (χ4v) is 1.46. The van der Waals surface area contributed by atoms with Crippen LogP contribution in [0.5, 0.6) is 0 Å². The number of halogens is 5. The molecule has 7 heteroatoms. The number of hydrogen-bond donors (Lipinski definition) is 1. The molecule has 2 nitrogen and oxygen atoms in total. The Hall–Kier alpha value is -0.430. The Balaban J connectivity index is 2.35. The monoisotopic (exact) mass is 275 g/mol. The highest BCUT2D eigenvalue weighted by Gasteiger charge is 2.57. The molecule has 1 aliphatic rings. The van der Waals surface area contributed by atoms with E-state index < -0.39 is 24.8 Å². The molecule has 108 valence electrons. The highest BCUT2D eigenvalue weighted by Crippen LogP contribution is 2.35. The van der Waals surface area contributed by atoms with Crippen LogP contribution in [-0.2, 0) is 4.74 Å². The Morgan fingerprint density at radius 2 is 1.83 bits per heavy atom. The SMILES string of the molecule is CCCC(CNC1CC1)OCC(F)(F)C(F)(F)F. The normalized spacial score (nSPS) is 19.0. The van der Waals surface area contributed by atoms with E-state index in [1.807, 2.05) is 6.92 Å². The zero-order chi connectivity index (χ0) is 13.8. The molecule has 0 aromatic carbocycles. The molecule has 0 saturated heterocycles. The molecule has 0 spiro atoms. The molecule has 18 heavy (non-hydrogen) atoms. The maximum Gasteiger partial charge on any atom is 0.455 e. The number of rotatable bonds is 8. The van der Waals surface area contributed by atoms with Crippen LogP contribution in [0.15, 0.2) is 0 Å². The van der Waals surface area contributed by atoms with Crippen molar-refractivity contribution in [3.05, 3.63) is 0 Å². The summed E-state index contributed by atoms with van der Waals surface area (Å²) in [6.45, 7) is 0.551. The maximum absolute atomic E-state index is 12.7. The number of hydrogen-bond acceptors (Lipinski definition) is 2. The van der Waals surface area contributed by atoms with E-state index in [2.05, 4.69) is 5.32 Å². The lowest BCUT2D eigenvalue weighted by molar-refractivity contribution is -0.300. The van der Waals surface area contributed by atoms with Gasteiger partial charge in [0, 0.05) is 12.6 Å². The van der Waals surface area contributed by atoms with Crippen LogP contribution in [0, 0.1) is 0 Å². The summed E-state index contributed by atoms with van der Waals surface area (Å²) in [6, 6.07) is 0.371. The Kier molecular flexibility index (Phi) is 5.33. The molecule has 1 N–H and O–H groups in total. The first-order valence-corrected chi connectivity index (χ1v) is 6.06. The van der Waals surface area contributed by atoms with E-state index in [0.717, 1.165) is 12.8 Å². The van der Waals surface area contributed by atoms with Gasteiger partial charge in [-0.05, 0) is 19.3 Å².